The first-order valence-electron chi connectivity index (χ1n) is 7.81. The molecule has 1 aliphatic rings. The first-order valence-corrected chi connectivity index (χ1v) is 9.30. The highest BCUT2D eigenvalue weighted by molar-refractivity contribution is 7.89. The van der Waals surface area contributed by atoms with E-state index in [2.05, 4.69) is 10.8 Å². The summed E-state index contributed by atoms with van der Waals surface area (Å²) in [5.41, 5.74) is 1.38. The van der Waals surface area contributed by atoms with Gasteiger partial charge in [0.2, 0.25) is 10.0 Å². The molecule has 2 aromatic rings. The minimum atomic E-state index is -3.43. The Hall–Kier alpha value is -1.65. The van der Waals surface area contributed by atoms with E-state index >= 15 is 0 Å². The molecule has 1 aliphatic carbocycles. The molecule has 4 heteroatoms. The maximum atomic E-state index is 12.4. The van der Waals surface area contributed by atoms with Crippen molar-refractivity contribution in [3.63, 3.8) is 0 Å². The fourth-order valence-corrected chi connectivity index (χ4v) is 3.96. The second-order valence-corrected chi connectivity index (χ2v) is 7.53. The van der Waals surface area contributed by atoms with Crippen LogP contribution in [0.2, 0.25) is 0 Å². The van der Waals surface area contributed by atoms with E-state index in [0.29, 0.717) is 11.4 Å². The highest BCUT2D eigenvalue weighted by Gasteiger charge is 2.14. The Labute approximate surface area is 132 Å². The third kappa shape index (κ3) is 3.57. The first kappa shape index (κ1) is 15.3. The Morgan fingerprint density at radius 1 is 1.00 bits per heavy atom. The summed E-state index contributed by atoms with van der Waals surface area (Å²) in [6.45, 7) is 0.473. The SMILES string of the molecule is O=S(=O)(NCCC1=CCCCC1)c1ccc2ccccc2c1. The van der Waals surface area contributed by atoms with Crippen LogP contribution in [0.5, 0.6) is 0 Å². The van der Waals surface area contributed by atoms with Crippen molar-refractivity contribution in [3.05, 3.63) is 54.1 Å². The highest BCUT2D eigenvalue weighted by Crippen LogP contribution is 2.21. The summed E-state index contributed by atoms with van der Waals surface area (Å²) in [5.74, 6) is 0. The zero-order valence-corrected chi connectivity index (χ0v) is 13.4. The van der Waals surface area contributed by atoms with Crippen LogP contribution in [0.25, 0.3) is 10.8 Å². The third-order valence-electron chi connectivity index (χ3n) is 4.15. The summed E-state index contributed by atoms with van der Waals surface area (Å²) in [5, 5.41) is 1.99. The number of hydrogen-bond donors (Lipinski definition) is 1. The molecule has 0 atom stereocenters. The van der Waals surface area contributed by atoms with Gasteiger partial charge in [-0.15, -0.1) is 0 Å². The predicted molar refractivity (Wildman–Crippen MR) is 90.3 cm³/mol. The number of allylic oxidation sites excluding steroid dienone is 1. The molecule has 0 radical (unpaired) electrons. The molecule has 0 aromatic heterocycles. The molecule has 3 rings (SSSR count). The molecular weight excluding hydrogens is 294 g/mol. The van der Waals surface area contributed by atoms with Gasteiger partial charge in [0, 0.05) is 6.54 Å². The largest absolute Gasteiger partial charge is 0.240 e. The van der Waals surface area contributed by atoms with E-state index in [4.69, 9.17) is 0 Å². The van der Waals surface area contributed by atoms with Crippen molar-refractivity contribution in [2.24, 2.45) is 0 Å². The van der Waals surface area contributed by atoms with Gasteiger partial charge >= 0.3 is 0 Å². The molecule has 0 bridgehead atoms. The number of sulfonamides is 1. The molecule has 0 heterocycles. The third-order valence-corrected chi connectivity index (χ3v) is 5.61. The van der Waals surface area contributed by atoms with Crippen LogP contribution >= 0.6 is 0 Å². The van der Waals surface area contributed by atoms with Gasteiger partial charge in [0.05, 0.1) is 4.90 Å². The molecule has 3 nitrogen and oxygen atoms in total. The fourth-order valence-electron chi connectivity index (χ4n) is 2.90. The van der Waals surface area contributed by atoms with Gasteiger partial charge in [0.25, 0.3) is 0 Å². The Balaban J connectivity index is 1.69. The van der Waals surface area contributed by atoms with Crippen LogP contribution in [0.3, 0.4) is 0 Å². The van der Waals surface area contributed by atoms with E-state index < -0.39 is 10.0 Å². The average Bonchev–Trinajstić information content (AvgIpc) is 2.55. The van der Waals surface area contributed by atoms with E-state index in [0.717, 1.165) is 30.0 Å². The Morgan fingerprint density at radius 3 is 2.59 bits per heavy atom. The standard InChI is InChI=1S/C18H21NO2S/c20-22(21,19-13-12-15-6-2-1-3-7-15)18-11-10-16-8-4-5-9-17(16)14-18/h4-6,8-11,14,19H,1-3,7,12-13H2. The maximum absolute atomic E-state index is 12.4. The normalized spacial score (nSPS) is 15.7. The van der Waals surface area contributed by atoms with E-state index in [1.165, 1.54) is 18.4 Å². The van der Waals surface area contributed by atoms with Crippen molar-refractivity contribution < 1.29 is 8.42 Å². The summed E-state index contributed by atoms with van der Waals surface area (Å²) >= 11 is 0. The lowest BCUT2D eigenvalue weighted by Gasteiger charge is -2.13. The first-order chi connectivity index (χ1) is 10.6. The minimum Gasteiger partial charge on any atom is -0.211 e. The van der Waals surface area contributed by atoms with Gasteiger partial charge in [-0.05, 0) is 55.0 Å². The molecule has 0 saturated carbocycles. The van der Waals surface area contributed by atoms with Crippen LogP contribution in [0.1, 0.15) is 32.1 Å². The van der Waals surface area contributed by atoms with Crippen molar-refractivity contribution in [1.82, 2.24) is 4.72 Å². The molecule has 2 aromatic carbocycles. The van der Waals surface area contributed by atoms with Crippen LogP contribution in [0.15, 0.2) is 59.0 Å². The topological polar surface area (TPSA) is 46.2 Å². The lowest BCUT2D eigenvalue weighted by atomic mass is 9.97. The van der Waals surface area contributed by atoms with Gasteiger partial charge in [-0.25, -0.2) is 13.1 Å². The molecule has 22 heavy (non-hydrogen) atoms. The molecule has 0 unspecified atom stereocenters. The number of benzene rings is 2. The second kappa shape index (κ2) is 6.63. The average molecular weight is 315 g/mol. The van der Waals surface area contributed by atoms with Crippen molar-refractivity contribution in [3.8, 4) is 0 Å². The molecule has 0 saturated heterocycles. The molecule has 0 fully saturated rings. The van der Waals surface area contributed by atoms with Crippen molar-refractivity contribution in [2.45, 2.75) is 37.0 Å². The fraction of sp³-hybridized carbons (Fsp3) is 0.333. The van der Waals surface area contributed by atoms with E-state index in [1.54, 1.807) is 12.1 Å². The summed E-state index contributed by atoms with van der Waals surface area (Å²) < 4.78 is 27.5. The Bertz CT molecular complexity index is 794. The van der Waals surface area contributed by atoms with Gasteiger partial charge in [0.1, 0.15) is 0 Å². The van der Waals surface area contributed by atoms with Gasteiger partial charge in [-0.2, -0.15) is 0 Å². The zero-order chi connectivity index (χ0) is 15.4. The molecular formula is C18H21NO2S. The van der Waals surface area contributed by atoms with Crippen molar-refractivity contribution in [1.29, 1.82) is 0 Å². The molecule has 0 spiro atoms. The molecule has 0 aliphatic heterocycles. The van der Waals surface area contributed by atoms with Gasteiger partial charge < -0.3 is 0 Å². The Morgan fingerprint density at radius 2 is 1.82 bits per heavy atom. The second-order valence-electron chi connectivity index (χ2n) is 5.76. The summed E-state index contributed by atoms with van der Waals surface area (Å²) in [7, 11) is -3.43. The quantitative estimate of drug-likeness (QED) is 0.847. The lowest BCUT2D eigenvalue weighted by molar-refractivity contribution is 0.579. The molecule has 0 amide bonds. The highest BCUT2D eigenvalue weighted by atomic mass is 32.2. The van der Waals surface area contributed by atoms with Gasteiger partial charge in [-0.3, -0.25) is 0 Å². The van der Waals surface area contributed by atoms with Crippen molar-refractivity contribution >= 4 is 20.8 Å². The maximum Gasteiger partial charge on any atom is 0.240 e. The van der Waals surface area contributed by atoms with E-state index in [1.807, 2.05) is 30.3 Å². The minimum absolute atomic E-state index is 0.337. The number of nitrogens with one attached hydrogen (secondary N) is 1. The van der Waals surface area contributed by atoms with Crippen LogP contribution in [0.4, 0.5) is 0 Å². The van der Waals surface area contributed by atoms with Crippen LogP contribution in [0, 0.1) is 0 Å². The molecule has 1 N–H and O–H groups in total. The number of rotatable bonds is 5. The molecule has 116 valence electrons. The lowest BCUT2D eigenvalue weighted by Crippen LogP contribution is -2.25. The van der Waals surface area contributed by atoms with Gasteiger partial charge in [-0.1, -0.05) is 42.0 Å². The number of hydrogen-bond acceptors (Lipinski definition) is 2. The smallest absolute Gasteiger partial charge is 0.211 e. The van der Waals surface area contributed by atoms with Gasteiger partial charge in [0.15, 0.2) is 0 Å². The van der Waals surface area contributed by atoms with Crippen LogP contribution in [-0.4, -0.2) is 15.0 Å². The summed E-state index contributed by atoms with van der Waals surface area (Å²) in [6, 6.07) is 13.0. The van der Waals surface area contributed by atoms with E-state index in [9.17, 15) is 8.42 Å². The summed E-state index contributed by atoms with van der Waals surface area (Å²) in [4.78, 5) is 0.337. The number of fused-ring (bicyclic) bond motifs is 1. The zero-order valence-electron chi connectivity index (χ0n) is 12.6. The van der Waals surface area contributed by atoms with Crippen LogP contribution < -0.4 is 4.72 Å². The predicted octanol–water partition coefficient (Wildman–Crippen LogP) is 4.01. The van der Waals surface area contributed by atoms with E-state index in [-0.39, 0.29) is 0 Å². The monoisotopic (exact) mass is 315 g/mol. The van der Waals surface area contributed by atoms with Crippen molar-refractivity contribution in [2.75, 3.05) is 6.54 Å². The van der Waals surface area contributed by atoms with Crippen LogP contribution in [-0.2, 0) is 10.0 Å². The Kier molecular flexibility index (Phi) is 4.60. The summed E-state index contributed by atoms with van der Waals surface area (Å²) in [6.07, 6.45) is 7.79.